The van der Waals surface area contributed by atoms with Crippen LogP contribution in [-0.2, 0) is 19.7 Å². The van der Waals surface area contributed by atoms with E-state index < -0.39 is 5.97 Å². The molecule has 0 aliphatic carbocycles. The number of hydrogen-bond acceptors (Lipinski definition) is 3. The lowest BCUT2D eigenvalue weighted by Gasteiger charge is -2.18. The molecule has 0 fully saturated rings. The van der Waals surface area contributed by atoms with E-state index in [4.69, 9.17) is 9.47 Å². The summed E-state index contributed by atoms with van der Waals surface area (Å²) in [5.74, 6) is 6.37. The Kier molecular flexibility index (Phi) is 7.58. The predicted octanol–water partition coefficient (Wildman–Crippen LogP) is 4.60. The summed E-state index contributed by atoms with van der Waals surface area (Å²) >= 11 is 0. The first-order chi connectivity index (χ1) is 11.3. The summed E-state index contributed by atoms with van der Waals surface area (Å²) in [4.78, 5) is 11.4. The Morgan fingerprint density at radius 1 is 1.21 bits per heavy atom. The van der Waals surface area contributed by atoms with Crippen LogP contribution >= 0.6 is 0 Å². The maximum absolute atomic E-state index is 11.4. The molecule has 0 heterocycles. The molecule has 0 amide bonds. The van der Waals surface area contributed by atoms with Gasteiger partial charge in [0.25, 0.3) is 0 Å². The quantitative estimate of drug-likeness (QED) is 0.343. The van der Waals surface area contributed by atoms with Gasteiger partial charge in [0, 0.05) is 5.56 Å². The van der Waals surface area contributed by atoms with Gasteiger partial charge in [0.05, 0.1) is 12.7 Å². The van der Waals surface area contributed by atoms with E-state index in [-0.39, 0.29) is 11.5 Å². The molecule has 0 bridgehead atoms. The minimum Gasteiger partial charge on any atom is -0.482 e. The standard InChI is InChI=1S/C21H28O3/c1-7-19(24-16(3)15-20(22)23-8-2)14-11-17-9-12-18(13-10-17)21(4,5)6/h9-10,12-13,15,19H,7-8H2,1-6H3/b16-15+. The van der Waals surface area contributed by atoms with E-state index in [2.05, 4.69) is 44.7 Å². The maximum atomic E-state index is 11.4. The van der Waals surface area contributed by atoms with Gasteiger partial charge < -0.3 is 9.47 Å². The first kappa shape index (κ1) is 19.8. The van der Waals surface area contributed by atoms with Crippen molar-refractivity contribution in [3.63, 3.8) is 0 Å². The van der Waals surface area contributed by atoms with Crippen molar-refractivity contribution in [3.8, 4) is 11.8 Å². The van der Waals surface area contributed by atoms with E-state index in [9.17, 15) is 4.79 Å². The van der Waals surface area contributed by atoms with Crippen molar-refractivity contribution in [3.05, 3.63) is 47.2 Å². The lowest BCUT2D eigenvalue weighted by Crippen LogP contribution is -2.10. The molecule has 3 nitrogen and oxygen atoms in total. The highest BCUT2D eigenvalue weighted by Gasteiger charge is 2.12. The molecule has 130 valence electrons. The van der Waals surface area contributed by atoms with Gasteiger partial charge in [-0.05, 0) is 43.4 Å². The molecule has 0 saturated heterocycles. The van der Waals surface area contributed by atoms with Gasteiger partial charge in [0.1, 0.15) is 5.76 Å². The van der Waals surface area contributed by atoms with E-state index in [1.54, 1.807) is 13.8 Å². The van der Waals surface area contributed by atoms with Gasteiger partial charge in [0.15, 0.2) is 6.10 Å². The molecule has 1 aromatic rings. The Morgan fingerprint density at radius 3 is 2.33 bits per heavy atom. The summed E-state index contributed by atoms with van der Waals surface area (Å²) in [7, 11) is 0. The first-order valence-corrected chi connectivity index (χ1v) is 8.40. The summed E-state index contributed by atoms with van der Waals surface area (Å²) in [5.41, 5.74) is 2.37. The topological polar surface area (TPSA) is 35.5 Å². The molecule has 0 aliphatic rings. The van der Waals surface area contributed by atoms with Gasteiger partial charge in [0.2, 0.25) is 0 Å². The Morgan fingerprint density at radius 2 is 1.83 bits per heavy atom. The number of benzene rings is 1. The van der Waals surface area contributed by atoms with Gasteiger partial charge in [-0.3, -0.25) is 0 Å². The van der Waals surface area contributed by atoms with E-state index in [0.717, 1.165) is 12.0 Å². The van der Waals surface area contributed by atoms with Crippen LogP contribution in [0.5, 0.6) is 0 Å². The third-order valence-electron chi connectivity index (χ3n) is 3.44. The number of carbonyl (C=O) groups is 1. The number of ether oxygens (including phenoxy) is 2. The zero-order chi connectivity index (χ0) is 18.2. The van der Waals surface area contributed by atoms with Crippen LogP contribution < -0.4 is 0 Å². The molecule has 1 unspecified atom stereocenters. The van der Waals surface area contributed by atoms with Gasteiger partial charge in [-0.1, -0.05) is 51.7 Å². The van der Waals surface area contributed by atoms with E-state index in [1.807, 2.05) is 19.1 Å². The average Bonchev–Trinajstić information content (AvgIpc) is 2.51. The van der Waals surface area contributed by atoms with Crippen molar-refractivity contribution in [1.29, 1.82) is 0 Å². The van der Waals surface area contributed by atoms with E-state index >= 15 is 0 Å². The maximum Gasteiger partial charge on any atom is 0.334 e. The van der Waals surface area contributed by atoms with Gasteiger partial charge in [-0.15, -0.1) is 0 Å². The fraction of sp³-hybridized carbons (Fsp3) is 0.476. The lowest BCUT2D eigenvalue weighted by atomic mass is 9.87. The molecular weight excluding hydrogens is 300 g/mol. The predicted molar refractivity (Wildman–Crippen MR) is 97.6 cm³/mol. The second-order valence-corrected chi connectivity index (χ2v) is 6.62. The second-order valence-electron chi connectivity index (χ2n) is 6.62. The third kappa shape index (κ3) is 6.91. The van der Waals surface area contributed by atoms with Crippen molar-refractivity contribution in [1.82, 2.24) is 0 Å². The third-order valence-corrected chi connectivity index (χ3v) is 3.44. The van der Waals surface area contributed by atoms with Crippen molar-refractivity contribution in [2.24, 2.45) is 0 Å². The highest BCUT2D eigenvalue weighted by atomic mass is 16.5. The summed E-state index contributed by atoms with van der Waals surface area (Å²) in [6, 6.07) is 8.28. The Hall–Kier alpha value is -2.21. The zero-order valence-corrected chi connectivity index (χ0v) is 15.6. The van der Waals surface area contributed by atoms with Crippen molar-refractivity contribution >= 4 is 5.97 Å². The number of hydrogen-bond donors (Lipinski definition) is 0. The SMILES string of the molecule is CCOC(=O)/C=C(\C)OC(C#Cc1ccc(C(C)(C)C)cc1)CC. The summed E-state index contributed by atoms with van der Waals surface area (Å²) in [6.07, 6.45) is 1.84. The normalized spacial score (nSPS) is 12.8. The minimum atomic E-state index is -0.393. The Bertz CT molecular complexity index is 622. The fourth-order valence-electron chi connectivity index (χ4n) is 2.04. The number of rotatable bonds is 5. The van der Waals surface area contributed by atoms with Crippen LogP contribution in [0.1, 0.15) is 59.1 Å². The highest BCUT2D eigenvalue weighted by Crippen LogP contribution is 2.21. The van der Waals surface area contributed by atoms with Crippen LogP contribution in [0.2, 0.25) is 0 Å². The van der Waals surface area contributed by atoms with Crippen LogP contribution in [0.15, 0.2) is 36.1 Å². The van der Waals surface area contributed by atoms with Crippen LogP contribution in [0.4, 0.5) is 0 Å². The molecule has 24 heavy (non-hydrogen) atoms. The first-order valence-electron chi connectivity index (χ1n) is 8.40. The lowest BCUT2D eigenvalue weighted by molar-refractivity contribution is -0.137. The van der Waals surface area contributed by atoms with Crippen LogP contribution in [0.25, 0.3) is 0 Å². The van der Waals surface area contributed by atoms with Gasteiger partial charge >= 0.3 is 5.97 Å². The van der Waals surface area contributed by atoms with Crippen molar-refractivity contribution < 1.29 is 14.3 Å². The minimum absolute atomic E-state index is 0.135. The Labute approximate surface area is 146 Å². The summed E-state index contributed by atoms with van der Waals surface area (Å²) in [6.45, 7) is 12.4. The monoisotopic (exact) mass is 328 g/mol. The molecule has 1 atom stereocenters. The molecule has 1 rings (SSSR count). The molecule has 1 aromatic carbocycles. The summed E-state index contributed by atoms with van der Waals surface area (Å²) < 4.78 is 10.6. The molecule has 0 aliphatic heterocycles. The van der Waals surface area contributed by atoms with Crippen LogP contribution in [-0.4, -0.2) is 18.7 Å². The molecule has 0 radical (unpaired) electrons. The molecule has 0 N–H and O–H groups in total. The summed E-state index contributed by atoms with van der Waals surface area (Å²) in [5, 5.41) is 0. The van der Waals surface area contributed by atoms with Crippen molar-refractivity contribution in [2.75, 3.05) is 6.61 Å². The molecule has 0 saturated carbocycles. The number of allylic oxidation sites excluding steroid dienone is 1. The largest absolute Gasteiger partial charge is 0.482 e. The van der Waals surface area contributed by atoms with E-state index in [0.29, 0.717) is 12.4 Å². The zero-order valence-electron chi connectivity index (χ0n) is 15.6. The number of carbonyl (C=O) groups excluding carboxylic acids is 1. The number of esters is 1. The van der Waals surface area contributed by atoms with Crippen LogP contribution in [0, 0.1) is 11.8 Å². The van der Waals surface area contributed by atoms with Gasteiger partial charge in [-0.25, -0.2) is 4.79 Å². The Balaban J connectivity index is 2.76. The second kappa shape index (κ2) is 9.17. The smallest absolute Gasteiger partial charge is 0.334 e. The highest BCUT2D eigenvalue weighted by molar-refractivity contribution is 5.82. The van der Waals surface area contributed by atoms with E-state index in [1.165, 1.54) is 11.6 Å². The van der Waals surface area contributed by atoms with Crippen molar-refractivity contribution in [2.45, 2.75) is 59.5 Å². The molecule has 3 heteroatoms. The molecule has 0 aromatic heterocycles. The molecule has 0 spiro atoms. The fourth-order valence-corrected chi connectivity index (χ4v) is 2.04. The van der Waals surface area contributed by atoms with Gasteiger partial charge in [-0.2, -0.15) is 0 Å². The van der Waals surface area contributed by atoms with Crippen LogP contribution in [0.3, 0.4) is 0 Å². The average molecular weight is 328 g/mol. The molecular formula is C21H28O3.